The lowest BCUT2D eigenvalue weighted by Gasteiger charge is -2.64. The normalized spacial score (nSPS) is 39.3. The molecule has 3 aliphatic carbocycles. The summed E-state index contributed by atoms with van der Waals surface area (Å²) >= 11 is 0. The third kappa shape index (κ3) is 1.62. The molecule has 1 aliphatic heterocycles. The standard InChI is InChI=1S/C17H20BNO2/c1-16(2)12-8-14(16)17(3)15(9-12)20-18(21-17)13-7-5-4-6-11(13)10-19/h4-7,12,14-15H,8-9H2,1-3H3/t12-,14-,15+,17-/m1/s1. The summed E-state index contributed by atoms with van der Waals surface area (Å²) in [6.07, 6.45) is 2.48. The molecule has 108 valence electrons. The van der Waals surface area contributed by atoms with Gasteiger partial charge in [-0.25, -0.2) is 0 Å². The number of rotatable bonds is 1. The van der Waals surface area contributed by atoms with E-state index in [0.29, 0.717) is 16.9 Å². The van der Waals surface area contributed by atoms with Crippen LogP contribution in [0.2, 0.25) is 0 Å². The summed E-state index contributed by atoms with van der Waals surface area (Å²) in [6.45, 7) is 6.91. The van der Waals surface area contributed by atoms with Gasteiger partial charge in [0.15, 0.2) is 0 Å². The van der Waals surface area contributed by atoms with Gasteiger partial charge < -0.3 is 9.31 Å². The van der Waals surface area contributed by atoms with Crippen molar-refractivity contribution in [3.8, 4) is 6.07 Å². The van der Waals surface area contributed by atoms with E-state index in [2.05, 4.69) is 26.8 Å². The van der Waals surface area contributed by atoms with Gasteiger partial charge >= 0.3 is 7.12 Å². The van der Waals surface area contributed by atoms with Crippen molar-refractivity contribution in [2.45, 2.75) is 45.3 Å². The molecule has 5 rings (SSSR count). The van der Waals surface area contributed by atoms with Gasteiger partial charge in [0.2, 0.25) is 0 Å². The highest BCUT2D eigenvalue weighted by Gasteiger charge is 2.68. The van der Waals surface area contributed by atoms with Gasteiger partial charge in [0.1, 0.15) is 0 Å². The fourth-order valence-electron chi connectivity index (χ4n) is 4.80. The van der Waals surface area contributed by atoms with Crippen molar-refractivity contribution in [2.75, 3.05) is 0 Å². The molecule has 1 saturated heterocycles. The highest BCUT2D eigenvalue weighted by molar-refractivity contribution is 6.62. The Balaban J connectivity index is 1.67. The minimum atomic E-state index is -0.397. The lowest BCUT2D eigenvalue weighted by atomic mass is 9.43. The van der Waals surface area contributed by atoms with E-state index in [9.17, 15) is 5.26 Å². The van der Waals surface area contributed by atoms with Crippen LogP contribution in [0, 0.1) is 28.6 Å². The van der Waals surface area contributed by atoms with Crippen LogP contribution in [0.15, 0.2) is 24.3 Å². The van der Waals surface area contributed by atoms with Crippen LogP contribution in [0.5, 0.6) is 0 Å². The molecule has 0 radical (unpaired) electrons. The molecule has 21 heavy (non-hydrogen) atoms. The van der Waals surface area contributed by atoms with Crippen LogP contribution in [0.4, 0.5) is 0 Å². The molecule has 0 unspecified atom stereocenters. The number of benzene rings is 1. The van der Waals surface area contributed by atoms with Gasteiger partial charge in [-0.1, -0.05) is 32.0 Å². The van der Waals surface area contributed by atoms with Crippen LogP contribution in [0.25, 0.3) is 0 Å². The maximum atomic E-state index is 9.28. The first kappa shape index (κ1) is 13.4. The second-order valence-electron chi connectivity index (χ2n) is 7.50. The molecular weight excluding hydrogens is 261 g/mol. The molecule has 0 amide bonds. The van der Waals surface area contributed by atoms with Crippen molar-refractivity contribution >= 4 is 12.6 Å². The van der Waals surface area contributed by atoms with Crippen LogP contribution in [0.1, 0.15) is 39.2 Å². The Morgan fingerprint density at radius 2 is 2.00 bits per heavy atom. The zero-order valence-corrected chi connectivity index (χ0v) is 12.8. The van der Waals surface area contributed by atoms with E-state index >= 15 is 0 Å². The first-order chi connectivity index (χ1) is 9.96. The highest BCUT2D eigenvalue weighted by Crippen LogP contribution is 2.65. The monoisotopic (exact) mass is 281 g/mol. The largest absolute Gasteiger partial charge is 0.496 e. The molecule has 1 aromatic rings. The van der Waals surface area contributed by atoms with Gasteiger partial charge in [0.25, 0.3) is 0 Å². The molecule has 4 fully saturated rings. The van der Waals surface area contributed by atoms with Gasteiger partial charge in [0, 0.05) is 5.46 Å². The lowest BCUT2D eigenvalue weighted by Crippen LogP contribution is -2.65. The Morgan fingerprint density at radius 3 is 2.71 bits per heavy atom. The molecule has 1 heterocycles. The van der Waals surface area contributed by atoms with Crippen molar-refractivity contribution in [3.63, 3.8) is 0 Å². The van der Waals surface area contributed by atoms with Gasteiger partial charge in [-0.05, 0) is 43.1 Å². The number of hydrogen-bond acceptors (Lipinski definition) is 3. The van der Waals surface area contributed by atoms with E-state index in [1.807, 2.05) is 24.3 Å². The third-order valence-corrected chi connectivity index (χ3v) is 6.28. The van der Waals surface area contributed by atoms with E-state index < -0.39 is 7.12 Å². The summed E-state index contributed by atoms with van der Waals surface area (Å²) in [6, 6.07) is 9.84. The zero-order chi connectivity index (χ0) is 14.8. The van der Waals surface area contributed by atoms with Crippen molar-refractivity contribution in [3.05, 3.63) is 29.8 Å². The van der Waals surface area contributed by atoms with E-state index in [-0.39, 0.29) is 11.7 Å². The first-order valence-electron chi connectivity index (χ1n) is 7.79. The lowest BCUT2D eigenvalue weighted by molar-refractivity contribution is -0.199. The fraction of sp³-hybridized carbons (Fsp3) is 0.588. The van der Waals surface area contributed by atoms with Crippen molar-refractivity contribution in [1.29, 1.82) is 5.26 Å². The SMILES string of the molecule is CC1(C)[C@H]2C[C@@H]3OB(c4ccccc4C#N)O[C@]3(C)[C@@H]1C2. The molecule has 4 heteroatoms. The Kier molecular flexibility index (Phi) is 2.62. The molecular formula is C17H20BNO2. The summed E-state index contributed by atoms with van der Waals surface area (Å²) in [4.78, 5) is 0. The van der Waals surface area contributed by atoms with Crippen LogP contribution >= 0.6 is 0 Å². The molecule has 4 aliphatic rings. The van der Waals surface area contributed by atoms with Gasteiger partial charge in [-0.2, -0.15) is 5.26 Å². The molecule has 4 atom stereocenters. The van der Waals surface area contributed by atoms with E-state index in [0.717, 1.165) is 17.8 Å². The Bertz CT molecular complexity index is 638. The van der Waals surface area contributed by atoms with Gasteiger partial charge in [0.05, 0.1) is 23.3 Å². The second kappa shape index (κ2) is 4.12. The number of nitriles is 1. The maximum Gasteiger partial charge on any atom is 0.496 e. The predicted molar refractivity (Wildman–Crippen MR) is 80.9 cm³/mol. The summed E-state index contributed by atoms with van der Waals surface area (Å²) in [5.41, 5.74) is 1.64. The van der Waals surface area contributed by atoms with Crippen LogP contribution in [-0.2, 0) is 9.31 Å². The third-order valence-electron chi connectivity index (χ3n) is 6.28. The Hall–Kier alpha value is -1.31. The highest BCUT2D eigenvalue weighted by atomic mass is 16.7. The Labute approximate surface area is 126 Å². The maximum absolute atomic E-state index is 9.28. The van der Waals surface area contributed by atoms with Crippen molar-refractivity contribution < 1.29 is 9.31 Å². The van der Waals surface area contributed by atoms with E-state index in [4.69, 9.17) is 9.31 Å². The smallest absolute Gasteiger partial charge is 0.401 e. The molecule has 3 saturated carbocycles. The molecule has 0 N–H and O–H groups in total. The summed E-state index contributed by atoms with van der Waals surface area (Å²) < 4.78 is 12.6. The van der Waals surface area contributed by atoms with Crippen molar-refractivity contribution in [2.24, 2.45) is 17.3 Å². The summed E-state index contributed by atoms with van der Waals surface area (Å²) in [5, 5.41) is 9.28. The Morgan fingerprint density at radius 1 is 1.24 bits per heavy atom. The van der Waals surface area contributed by atoms with E-state index in [1.165, 1.54) is 6.42 Å². The number of hydrogen-bond donors (Lipinski definition) is 0. The topological polar surface area (TPSA) is 42.2 Å². The minimum Gasteiger partial charge on any atom is -0.401 e. The second-order valence-corrected chi connectivity index (χ2v) is 7.50. The van der Waals surface area contributed by atoms with Crippen LogP contribution < -0.4 is 5.46 Å². The number of nitrogens with zero attached hydrogens (tertiary/aromatic N) is 1. The molecule has 2 bridgehead atoms. The average molecular weight is 281 g/mol. The molecule has 1 aromatic carbocycles. The van der Waals surface area contributed by atoms with E-state index in [1.54, 1.807) is 0 Å². The zero-order valence-electron chi connectivity index (χ0n) is 12.8. The molecule has 3 nitrogen and oxygen atoms in total. The molecule has 0 spiro atoms. The molecule has 0 aromatic heterocycles. The summed E-state index contributed by atoms with van der Waals surface area (Å²) in [5.74, 6) is 1.29. The van der Waals surface area contributed by atoms with Crippen molar-refractivity contribution in [1.82, 2.24) is 0 Å². The van der Waals surface area contributed by atoms with Gasteiger partial charge in [-0.3, -0.25) is 0 Å². The average Bonchev–Trinajstić information content (AvgIpc) is 2.83. The summed E-state index contributed by atoms with van der Waals surface area (Å²) in [7, 11) is -0.397. The fourth-order valence-corrected chi connectivity index (χ4v) is 4.80. The first-order valence-corrected chi connectivity index (χ1v) is 7.79. The quantitative estimate of drug-likeness (QED) is 0.743. The van der Waals surface area contributed by atoms with Gasteiger partial charge in [-0.15, -0.1) is 0 Å². The predicted octanol–water partition coefficient (Wildman–Crippen LogP) is 2.49. The van der Waals surface area contributed by atoms with Crippen LogP contribution in [-0.4, -0.2) is 18.8 Å². The van der Waals surface area contributed by atoms with Crippen LogP contribution in [0.3, 0.4) is 0 Å². The minimum absolute atomic E-state index is 0.158.